The maximum atomic E-state index is 12.7. The van der Waals surface area contributed by atoms with Crippen molar-refractivity contribution >= 4 is 11.6 Å². The van der Waals surface area contributed by atoms with Crippen LogP contribution in [0.1, 0.15) is 25.1 Å². The van der Waals surface area contributed by atoms with E-state index in [-0.39, 0.29) is 29.9 Å². The third-order valence-electron chi connectivity index (χ3n) is 3.68. The highest BCUT2D eigenvalue weighted by Crippen LogP contribution is 2.36. The summed E-state index contributed by atoms with van der Waals surface area (Å²) >= 11 is 0. The second-order valence-corrected chi connectivity index (χ2v) is 5.07. The van der Waals surface area contributed by atoms with E-state index in [1.807, 2.05) is 0 Å². The maximum Gasteiger partial charge on any atom is 0.451 e. The Morgan fingerprint density at radius 3 is 2.55 bits per heavy atom. The molecule has 0 aromatic carbocycles. The van der Waals surface area contributed by atoms with E-state index in [0.717, 1.165) is 19.3 Å². The molecule has 0 aliphatic carbocycles. The molecular formula is C12H15F3N4O. The third kappa shape index (κ3) is 2.52. The lowest BCUT2D eigenvalue weighted by Crippen LogP contribution is -2.31. The van der Waals surface area contributed by atoms with Gasteiger partial charge in [0.2, 0.25) is 5.82 Å². The average Bonchev–Trinajstić information content (AvgIpc) is 2.99. The third-order valence-corrected chi connectivity index (χ3v) is 3.68. The summed E-state index contributed by atoms with van der Waals surface area (Å²) in [4.78, 5) is 6.98. The molecule has 0 spiro atoms. The van der Waals surface area contributed by atoms with Crippen molar-refractivity contribution in [1.82, 2.24) is 9.97 Å². The number of anilines is 2. The van der Waals surface area contributed by atoms with E-state index in [1.165, 1.54) is 13.1 Å². The van der Waals surface area contributed by atoms with Crippen LogP contribution in [0.15, 0.2) is 6.07 Å². The fourth-order valence-electron chi connectivity index (χ4n) is 2.76. The number of nitrogens with one attached hydrogen (secondary N) is 2. The van der Waals surface area contributed by atoms with Crippen LogP contribution in [0.3, 0.4) is 0 Å². The van der Waals surface area contributed by atoms with Crippen LogP contribution < -0.4 is 10.6 Å². The molecule has 0 radical (unpaired) electrons. The maximum absolute atomic E-state index is 12.7. The Morgan fingerprint density at radius 2 is 2.00 bits per heavy atom. The van der Waals surface area contributed by atoms with Crippen LogP contribution in [0, 0.1) is 0 Å². The number of rotatable bonds is 3. The van der Waals surface area contributed by atoms with Gasteiger partial charge in [0.25, 0.3) is 0 Å². The highest BCUT2D eigenvalue weighted by molar-refractivity contribution is 5.48. The van der Waals surface area contributed by atoms with Crippen molar-refractivity contribution in [2.45, 2.75) is 43.7 Å². The summed E-state index contributed by atoms with van der Waals surface area (Å²) in [5.74, 6) is -0.826. The molecule has 2 aliphatic rings. The van der Waals surface area contributed by atoms with Crippen LogP contribution in [-0.4, -0.2) is 35.3 Å². The second-order valence-electron chi connectivity index (χ2n) is 5.07. The fourth-order valence-corrected chi connectivity index (χ4v) is 2.76. The minimum absolute atomic E-state index is 0.0226. The Morgan fingerprint density at radius 1 is 1.25 bits per heavy atom. The Balaban J connectivity index is 1.82. The minimum Gasteiger partial charge on any atom is -0.373 e. The minimum atomic E-state index is -4.56. The fraction of sp³-hybridized carbons (Fsp3) is 0.667. The van der Waals surface area contributed by atoms with E-state index in [0.29, 0.717) is 0 Å². The van der Waals surface area contributed by atoms with Crippen molar-refractivity contribution in [1.29, 1.82) is 0 Å². The van der Waals surface area contributed by atoms with Gasteiger partial charge in [-0.25, -0.2) is 9.97 Å². The molecule has 2 aliphatic heterocycles. The van der Waals surface area contributed by atoms with E-state index >= 15 is 0 Å². The predicted octanol–water partition coefficient (Wildman–Crippen LogP) is 2.27. The van der Waals surface area contributed by atoms with Gasteiger partial charge in [0, 0.05) is 13.1 Å². The van der Waals surface area contributed by atoms with Gasteiger partial charge in [0.1, 0.15) is 11.6 Å². The van der Waals surface area contributed by atoms with Crippen LogP contribution >= 0.6 is 0 Å². The van der Waals surface area contributed by atoms with E-state index in [4.69, 9.17) is 4.74 Å². The highest BCUT2D eigenvalue weighted by atomic mass is 19.4. The Labute approximate surface area is 113 Å². The molecule has 3 atom stereocenters. The van der Waals surface area contributed by atoms with Crippen LogP contribution in [0.5, 0.6) is 0 Å². The zero-order valence-corrected chi connectivity index (χ0v) is 10.9. The number of hydrogen-bond acceptors (Lipinski definition) is 5. The number of fused-ring (bicyclic) bond motifs is 2. The molecule has 3 rings (SSSR count). The lowest BCUT2D eigenvalue weighted by molar-refractivity contribution is -0.144. The van der Waals surface area contributed by atoms with Crippen molar-refractivity contribution < 1.29 is 17.9 Å². The first-order valence-corrected chi connectivity index (χ1v) is 6.52. The van der Waals surface area contributed by atoms with E-state index in [9.17, 15) is 13.2 Å². The van der Waals surface area contributed by atoms with Crippen LogP contribution in [0.25, 0.3) is 0 Å². The Hall–Kier alpha value is -1.57. The second kappa shape index (κ2) is 4.76. The lowest BCUT2D eigenvalue weighted by atomic mass is 9.95. The van der Waals surface area contributed by atoms with Gasteiger partial charge >= 0.3 is 6.18 Å². The lowest BCUT2D eigenvalue weighted by Gasteiger charge is -2.21. The summed E-state index contributed by atoms with van der Waals surface area (Å²) < 4.78 is 43.9. The topological polar surface area (TPSA) is 59.1 Å². The number of hydrogen-bond donors (Lipinski definition) is 2. The quantitative estimate of drug-likeness (QED) is 0.893. The van der Waals surface area contributed by atoms with Crippen LogP contribution in [0.4, 0.5) is 24.8 Å². The smallest absolute Gasteiger partial charge is 0.373 e. The molecular weight excluding hydrogens is 273 g/mol. The van der Waals surface area contributed by atoms with E-state index in [1.54, 1.807) is 0 Å². The summed E-state index contributed by atoms with van der Waals surface area (Å²) in [6.45, 7) is 0. The molecule has 1 aromatic rings. The normalized spacial score (nSPS) is 28.7. The molecule has 3 unspecified atom stereocenters. The number of alkyl halides is 3. The Bertz CT molecular complexity index is 508. The van der Waals surface area contributed by atoms with Crippen molar-refractivity contribution in [3.8, 4) is 0 Å². The molecule has 3 heterocycles. The summed E-state index contributed by atoms with van der Waals surface area (Å²) in [6, 6.07) is 1.50. The number of aromatic nitrogens is 2. The van der Waals surface area contributed by atoms with Gasteiger partial charge in [-0.15, -0.1) is 0 Å². The number of nitrogens with zero attached hydrogens (tertiary/aromatic N) is 2. The van der Waals surface area contributed by atoms with Crippen LogP contribution in [-0.2, 0) is 10.9 Å². The van der Waals surface area contributed by atoms with Gasteiger partial charge in [-0.1, -0.05) is 0 Å². The van der Waals surface area contributed by atoms with Crippen molar-refractivity contribution in [2.24, 2.45) is 0 Å². The monoisotopic (exact) mass is 288 g/mol. The molecule has 0 amide bonds. The summed E-state index contributed by atoms with van der Waals surface area (Å²) in [7, 11) is 1.52. The summed E-state index contributed by atoms with van der Waals surface area (Å²) in [5.41, 5.74) is 0. The highest BCUT2D eigenvalue weighted by Gasteiger charge is 2.41. The van der Waals surface area contributed by atoms with Crippen LogP contribution in [0.2, 0.25) is 0 Å². The SMILES string of the molecule is CNc1cc(NC2CC3CCC2O3)nc(C(F)(F)F)n1. The van der Waals surface area contributed by atoms with Gasteiger partial charge in [0.05, 0.1) is 18.2 Å². The Kier molecular flexibility index (Phi) is 3.19. The van der Waals surface area contributed by atoms with Gasteiger partial charge in [0.15, 0.2) is 0 Å². The zero-order chi connectivity index (χ0) is 14.3. The molecule has 0 saturated carbocycles. The molecule has 5 nitrogen and oxygen atoms in total. The van der Waals surface area contributed by atoms with Gasteiger partial charge in [-0.05, 0) is 19.3 Å². The standard InChI is InChI=1S/C12H15F3N4O/c1-16-9-5-10(19-11(18-9)12(13,14)15)17-7-4-6-2-3-8(7)20-6/h5-8H,2-4H2,1H3,(H2,16,17,18,19). The summed E-state index contributed by atoms with van der Waals surface area (Å²) in [5, 5.41) is 5.66. The largest absolute Gasteiger partial charge is 0.451 e. The molecule has 20 heavy (non-hydrogen) atoms. The summed E-state index contributed by atoms with van der Waals surface area (Å²) in [6.07, 6.45) is -1.48. The van der Waals surface area contributed by atoms with E-state index in [2.05, 4.69) is 20.6 Å². The van der Waals surface area contributed by atoms with E-state index < -0.39 is 12.0 Å². The number of halogens is 3. The van der Waals surface area contributed by atoms with Gasteiger partial charge in [-0.3, -0.25) is 0 Å². The average molecular weight is 288 g/mol. The van der Waals surface area contributed by atoms with Gasteiger partial charge in [-0.2, -0.15) is 13.2 Å². The molecule has 1 aromatic heterocycles. The first-order chi connectivity index (χ1) is 9.45. The van der Waals surface area contributed by atoms with Crippen molar-refractivity contribution in [3.63, 3.8) is 0 Å². The van der Waals surface area contributed by atoms with Crippen molar-refractivity contribution in [3.05, 3.63) is 11.9 Å². The molecule has 2 bridgehead atoms. The first kappa shape index (κ1) is 13.4. The molecule has 110 valence electrons. The number of ether oxygens (including phenoxy) is 1. The molecule has 2 fully saturated rings. The molecule has 2 saturated heterocycles. The van der Waals surface area contributed by atoms with Crippen molar-refractivity contribution in [2.75, 3.05) is 17.7 Å². The molecule has 8 heteroatoms. The zero-order valence-electron chi connectivity index (χ0n) is 10.9. The first-order valence-electron chi connectivity index (χ1n) is 6.52. The predicted molar refractivity (Wildman–Crippen MR) is 66.5 cm³/mol. The van der Waals surface area contributed by atoms with Gasteiger partial charge < -0.3 is 15.4 Å². The molecule has 2 N–H and O–H groups in total.